The Hall–Kier alpha value is -1.55. The van der Waals surface area contributed by atoms with Gasteiger partial charge in [0.25, 0.3) is 5.91 Å². The molecule has 1 aliphatic heterocycles. The zero-order valence-electron chi connectivity index (χ0n) is 14.2. The molecule has 4 nitrogen and oxygen atoms in total. The third-order valence-electron chi connectivity index (χ3n) is 4.55. The molecule has 1 saturated heterocycles. The minimum absolute atomic E-state index is 0.0494. The Bertz CT molecular complexity index is 542. The van der Waals surface area contributed by atoms with Crippen molar-refractivity contribution in [1.29, 1.82) is 0 Å². The van der Waals surface area contributed by atoms with E-state index in [1.165, 1.54) is 0 Å². The Morgan fingerprint density at radius 1 is 1.45 bits per heavy atom. The first-order valence-corrected chi connectivity index (χ1v) is 8.06. The molecule has 0 aliphatic carbocycles. The Morgan fingerprint density at radius 2 is 2.18 bits per heavy atom. The summed E-state index contributed by atoms with van der Waals surface area (Å²) in [5, 5.41) is 0. The number of hydrogen-bond acceptors (Lipinski definition) is 3. The van der Waals surface area contributed by atoms with Crippen LogP contribution in [-0.2, 0) is 4.79 Å². The molecule has 0 radical (unpaired) electrons. The number of rotatable bonds is 5. The number of benzene rings is 1. The third-order valence-corrected chi connectivity index (χ3v) is 4.55. The van der Waals surface area contributed by atoms with Crippen LogP contribution < -0.4 is 10.5 Å². The maximum absolute atomic E-state index is 12.3. The van der Waals surface area contributed by atoms with Gasteiger partial charge < -0.3 is 15.4 Å². The summed E-state index contributed by atoms with van der Waals surface area (Å²) in [6, 6.07) is 6.18. The summed E-state index contributed by atoms with van der Waals surface area (Å²) in [6.07, 6.45) is 0.969. The molecule has 0 saturated carbocycles. The highest BCUT2D eigenvalue weighted by Gasteiger charge is 2.34. The number of ether oxygens (including phenoxy) is 1. The average Bonchev–Trinajstić information content (AvgIpc) is 2.88. The summed E-state index contributed by atoms with van der Waals surface area (Å²) >= 11 is 0. The topological polar surface area (TPSA) is 55.6 Å². The number of hydrogen-bond donors (Lipinski definition) is 1. The summed E-state index contributed by atoms with van der Waals surface area (Å²) in [6.45, 7) is 10.7. The van der Waals surface area contributed by atoms with Gasteiger partial charge in [-0.15, -0.1) is 0 Å². The number of aryl methyl sites for hydroxylation is 1. The van der Waals surface area contributed by atoms with E-state index >= 15 is 0 Å². The van der Waals surface area contributed by atoms with Gasteiger partial charge in [0, 0.05) is 13.1 Å². The van der Waals surface area contributed by atoms with Crippen LogP contribution in [0.25, 0.3) is 0 Å². The summed E-state index contributed by atoms with van der Waals surface area (Å²) < 4.78 is 5.83. The Morgan fingerprint density at radius 3 is 2.77 bits per heavy atom. The maximum atomic E-state index is 12.3. The van der Waals surface area contributed by atoms with Crippen LogP contribution in [0.1, 0.15) is 44.2 Å². The van der Waals surface area contributed by atoms with Gasteiger partial charge in [-0.1, -0.05) is 32.9 Å². The van der Waals surface area contributed by atoms with Crippen LogP contribution >= 0.6 is 0 Å². The molecule has 1 aliphatic rings. The third kappa shape index (κ3) is 3.80. The van der Waals surface area contributed by atoms with Gasteiger partial charge in [0.05, 0.1) is 0 Å². The summed E-state index contributed by atoms with van der Waals surface area (Å²) in [5.74, 6) is 1.25. The molecule has 22 heavy (non-hydrogen) atoms. The van der Waals surface area contributed by atoms with Crippen molar-refractivity contribution in [2.24, 2.45) is 11.1 Å². The van der Waals surface area contributed by atoms with Gasteiger partial charge in [-0.3, -0.25) is 4.79 Å². The number of nitrogens with two attached hydrogens (primary N) is 1. The predicted octanol–water partition coefficient (Wildman–Crippen LogP) is 2.69. The number of carbonyl (C=O) groups excluding carboxylic acids is 1. The van der Waals surface area contributed by atoms with E-state index < -0.39 is 0 Å². The fraction of sp³-hybridized carbons (Fsp3) is 0.611. The van der Waals surface area contributed by atoms with Crippen molar-refractivity contribution in [2.75, 3.05) is 26.2 Å². The minimum atomic E-state index is 0.0494. The van der Waals surface area contributed by atoms with Crippen LogP contribution in [0.15, 0.2) is 18.2 Å². The highest BCUT2D eigenvalue weighted by molar-refractivity contribution is 5.78. The van der Waals surface area contributed by atoms with E-state index in [9.17, 15) is 4.79 Å². The van der Waals surface area contributed by atoms with Crippen molar-refractivity contribution in [2.45, 2.75) is 40.0 Å². The first-order valence-electron chi connectivity index (χ1n) is 8.06. The smallest absolute Gasteiger partial charge is 0.260 e. The first kappa shape index (κ1) is 16.8. The first-order chi connectivity index (χ1) is 10.3. The Kier molecular flexibility index (Phi) is 5.12. The Labute approximate surface area is 133 Å². The van der Waals surface area contributed by atoms with E-state index in [4.69, 9.17) is 10.5 Å². The van der Waals surface area contributed by atoms with Crippen molar-refractivity contribution in [3.05, 3.63) is 29.3 Å². The van der Waals surface area contributed by atoms with Crippen LogP contribution in [-0.4, -0.2) is 37.0 Å². The van der Waals surface area contributed by atoms with E-state index in [2.05, 4.69) is 32.9 Å². The van der Waals surface area contributed by atoms with Crippen molar-refractivity contribution >= 4 is 5.91 Å². The zero-order chi connectivity index (χ0) is 16.3. The molecule has 0 aromatic heterocycles. The molecule has 2 rings (SSSR count). The molecule has 4 heteroatoms. The largest absolute Gasteiger partial charge is 0.483 e. The van der Waals surface area contributed by atoms with Crippen molar-refractivity contribution in [1.82, 2.24) is 4.90 Å². The second kappa shape index (κ2) is 6.69. The molecular weight excluding hydrogens is 276 g/mol. The van der Waals surface area contributed by atoms with Gasteiger partial charge in [-0.25, -0.2) is 0 Å². The van der Waals surface area contributed by atoms with E-state index in [0.717, 1.165) is 36.4 Å². The normalized spacial score (nSPS) is 21.5. The lowest BCUT2D eigenvalue weighted by atomic mass is 9.90. The Balaban J connectivity index is 1.99. The van der Waals surface area contributed by atoms with Gasteiger partial charge in [0.2, 0.25) is 0 Å². The van der Waals surface area contributed by atoms with Gasteiger partial charge in [-0.2, -0.15) is 0 Å². The van der Waals surface area contributed by atoms with E-state index in [0.29, 0.717) is 12.5 Å². The minimum Gasteiger partial charge on any atom is -0.483 e. The molecule has 0 bridgehead atoms. The standard InChI is InChI=1S/C18H28N2O2/c1-13(2)15-6-5-14(3)9-16(15)22-10-17(21)20-8-7-18(4,11-19)12-20/h5-6,9,13H,7-8,10-12,19H2,1-4H3. The molecule has 1 atom stereocenters. The number of nitrogens with zero attached hydrogens (tertiary/aromatic N) is 1. The highest BCUT2D eigenvalue weighted by atomic mass is 16.5. The van der Waals surface area contributed by atoms with Crippen LogP contribution in [0.2, 0.25) is 0 Å². The van der Waals surface area contributed by atoms with Gasteiger partial charge in [0.1, 0.15) is 5.75 Å². The second-order valence-electron chi connectivity index (χ2n) is 7.06. The lowest BCUT2D eigenvalue weighted by Crippen LogP contribution is -2.37. The van der Waals surface area contributed by atoms with Crippen LogP contribution in [0, 0.1) is 12.3 Å². The van der Waals surface area contributed by atoms with E-state index in [1.807, 2.05) is 17.9 Å². The van der Waals surface area contributed by atoms with Gasteiger partial charge in [0.15, 0.2) is 6.61 Å². The summed E-state index contributed by atoms with van der Waals surface area (Å²) in [5.41, 5.74) is 8.14. The molecule has 1 unspecified atom stereocenters. The molecule has 1 aromatic carbocycles. The molecule has 0 spiro atoms. The van der Waals surface area contributed by atoms with Crippen molar-refractivity contribution in [3.8, 4) is 5.75 Å². The fourth-order valence-corrected chi connectivity index (χ4v) is 2.88. The number of amides is 1. The molecule has 122 valence electrons. The van der Waals surface area contributed by atoms with Crippen molar-refractivity contribution in [3.63, 3.8) is 0 Å². The summed E-state index contributed by atoms with van der Waals surface area (Å²) in [7, 11) is 0. The number of carbonyl (C=O) groups is 1. The molecule has 1 aromatic rings. The van der Waals surface area contributed by atoms with Crippen LogP contribution in [0.3, 0.4) is 0 Å². The van der Waals surface area contributed by atoms with Crippen LogP contribution in [0.5, 0.6) is 5.75 Å². The van der Waals surface area contributed by atoms with E-state index in [-0.39, 0.29) is 17.9 Å². The molecule has 1 amide bonds. The second-order valence-corrected chi connectivity index (χ2v) is 7.06. The average molecular weight is 304 g/mol. The molecular formula is C18H28N2O2. The fourth-order valence-electron chi connectivity index (χ4n) is 2.88. The van der Waals surface area contributed by atoms with Gasteiger partial charge in [-0.05, 0) is 48.4 Å². The molecule has 1 heterocycles. The van der Waals surface area contributed by atoms with Crippen LogP contribution in [0.4, 0.5) is 0 Å². The lowest BCUT2D eigenvalue weighted by Gasteiger charge is -2.23. The van der Waals surface area contributed by atoms with Crippen molar-refractivity contribution < 1.29 is 9.53 Å². The lowest BCUT2D eigenvalue weighted by molar-refractivity contribution is -0.132. The highest BCUT2D eigenvalue weighted by Crippen LogP contribution is 2.30. The SMILES string of the molecule is Cc1ccc(C(C)C)c(OCC(=O)N2CCC(C)(CN)C2)c1. The zero-order valence-corrected chi connectivity index (χ0v) is 14.2. The molecule has 1 fully saturated rings. The van der Waals surface area contributed by atoms with E-state index in [1.54, 1.807) is 0 Å². The maximum Gasteiger partial charge on any atom is 0.260 e. The monoisotopic (exact) mass is 304 g/mol. The molecule has 2 N–H and O–H groups in total. The quantitative estimate of drug-likeness (QED) is 0.910. The predicted molar refractivity (Wildman–Crippen MR) is 89.1 cm³/mol. The number of likely N-dealkylation sites (tertiary alicyclic amines) is 1. The van der Waals surface area contributed by atoms with Gasteiger partial charge >= 0.3 is 0 Å². The summed E-state index contributed by atoms with van der Waals surface area (Å²) in [4.78, 5) is 14.2.